The maximum Gasteiger partial charge on any atom is 0.311 e. The van der Waals surface area contributed by atoms with Crippen LogP contribution in [0.1, 0.15) is 86.0 Å². The van der Waals surface area contributed by atoms with Gasteiger partial charge in [0.25, 0.3) is 0 Å². The number of ether oxygens (including phenoxy) is 2. The van der Waals surface area contributed by atoms with Gasteiger partial charge in [-0.2, -0.15) is 0 Å². The van der Waals surface area contributed by atoms with E-state index in [1.54, 1.807) is 0 Å². The average molecular weight is 549 g/mol. The Balaban J connectivity index is 1.65. The standard InChI is InChI=1S/C31H52O6Si/c1-8-9-16-38(6,7)35-15-14-31(4,5)30(34)37-27-18-21(2)17-23-11-10-22(3)26(29(23)27)13-12-25-19-24(32)20-28(33)36-25/h10-11,17,21-22,24-27,29,32H,8-9,12-16,18-20H2,1-7H3/t21-,22-,24+,25-,26-,27-,29-/m1/s1. The summed E-state index contributed by atoms with van der Waals surface area (Å²) < 4.78 is 18.2. The highest BCUT2D eigenvalue weighted by Crippen LogP contribution is 2.45. The zero-order valence-electron chi connectivity index (χ0n) is 24.8. The number of allylic oxidation sites excluding steroid dienone is 3. The lowest BCUT2D eigenvalue weighted by Gasteiger charge is -2.44. The molecule has 1 heterocycles. The first kappa shape index (κ1) is 31.1. The third-order valence-corrected chi connectivity index (χ3v) is 11.4. The molecule has 1 N–H and O–H groups in total. The van der Waals surface area contributed by atoms with E-state index < -0.39 is 19.8 Å². The van der Waals surface area contributed by atoms with Crippen molar-refractivity contribution in [3.63, 3.8) is 0 Å². The summed E-state index contributed by atoms with van der Waals surface area (Å²) in [5.41, 5.74) is 0.646. The minimum absolute atomic E-state index is 0.0870. The van der Waals surface area contributed by atoms with Crippen LogP contribution in [0.25, 0.3) is 0 Å². The fourth-order valence-corrected chi connectivity index (χ4v) is 8.30. The molecule has 0 radical (unpaired) electrons. The normalized spacial score (nSPS) is 31.8. The van der Waals surface area contributed by atoms with Crippen molar-refractivity contribution >= 4 is 20.3 Å². The fourth-order valence-electron chi connectivity index (χ4n) is 6.29. The lowest BCUT2D eigenvalue weighted by atomic mass is 9.65. The predicted molar refractivity (Wildman–Crippen MR) is 153 cm³/mol. The van der Waals surface area contributed by atoms with Crippen molar-refractivity contribution in [2.75, 3.05) is 6.61 Å². The molecule has 0 aromatic carbocycles. The van der Waals surface area contributed by atoms with Crippen LogP contribution in [0.5, 0.6) is 0 Å². The van der Waals surface area contributed by atoms with Gasteiger partial charge >= 0.3 is 11.9 Å². The van der Waals surface area contributed by atoms with Crippen LogP contribution in [0.15, 0.2) is 23.8 Å². The molecule has 3 rings (SSSR count). The Morgan fingerprint density at radius 2 is 1.95 bits per heavy atom. The SMILES string of the molecule is CCCC[Si](C)(C)OCCC(C)(C)C(=O)O[C@@H]1C[C@H](C)C=C2C=C[C@@H](C)[C@@H](CC[C@@H]3C[C@H](O)CC(=O)O3)[C@@H]21. The van der Waals surface area contributed by atoms with E-state index in [4.69, 9.17) is 13.9 Å². The molecule has 0 amide bonds. The van der Waals surface area contributed by atoms with E-state index in [0.717, 1.165) is 18.9 Å². The Kier molecular flexibility index (Phi) is 10.9. The first-order valence-electron chi connectivity index (χ1n) is 14.9. The number of hydrogen-bond donors (Lipinski definition) is 1. The van der Waals surface area contributed by atoms with Crippen molar-refractivity contribution in [2.24, 2.45) is 29.1 Å². The quantitative estimate of drug-likeness (QED) is 0.219. The number of unbranched alkanes of at least 4 members (excludes halogenated alkanes) is 1. The lowest BCUT2D eigenvalue weighted by Crippen LogP contribution is -2.43. The van der Waals surface area contributed by atoms with Gasteiger partial charge in [-0.25, -0.2) is 0 Å². The number of aliphatic hydroxyl groups is 1. The second-order valence-electron chi connectivity index (χ2n) is 13.4. The number of carbonyl (C=O) groups excluding carboxylic acids is 2. The molecule has 2 aliphatic carbocycles. The summed E-state index contributed by atoms with van der Waals surface area (Å²) in [4.78, 5) is 25.4. The highest BCUT2D eigenvalue weighted by Gasteiger charge is 2.43. The van der Waals surface area contributed by atoms with E-state index in [1.165, 1.54) is 18.4 Å². The number of aliphatic hydroxyl groups excluding tert-OH is 1. The summed E-state index contributed by atoms with van der Waals surface area (Å²) in [6.07, 6.45) is 11.8. The Labute approximate surface area is 231 Å². The molecule has 38 heavy (non-hydrogen) atoms. The van der Waals surface area contributed by atoms with Crippen molar-refractivity contribution in [2.45, 2.75) is 123 Å². The minimum Gasteiger partial charge on any atom is -0.462 e. The van der Waals surface area contributed by atoms with Crippen LogP contribution >= 0.6 is 0 Å². The van der Waals surface area contributed by atoms with Crippen LogP contribution in [0.3, 0.4) is 0 Å². The number of cyclic esters (lactones) is 1. The third kappa shape index (κ3) is 8.53. The molecule has 6 nitrogen and oxygen atoms in total. The first-order valence-corrected chi connectivity index (χ1v) is 18.1. The molecule has 3 aliphatic rings. The lowest BCUT2D eigenvalue weighted by molar-refractivity contribution is -0.166. The summed E-state index contributed by atoms with van der Waals surface area (Å²) in [5.74, 6) is 0.624. The predicted octanol–water partition coefficient (Wildman–Crippen LogP) is 6.59. The first-order chi connectivity index (χ1) is 17.8. The van der Waals surface area contributed by atoms with Crippen LogP contribution in [-0.4, -0.2) is 50.3 Å². The molecule has 1 fully saturated rings. The van der Waals surface area contributed by atoms with Crippen LogP contribution in [-0.2, 0) is 23.5 Å². The minimum atomic E-state index is -1.70. The van der Waals surface area contributed by atoms with Crippen LogP contribution in [0.2, 0.25) is 19.1 Å². The summed E-state index contributed by atoms with van der Waals surface area (Å²) >= 11 is 0. The number of rotatable bonds is 12. The molecular weight excluding hydrogens is 496 g/mol. The molecular formula is C31H52O6Si. The number of hydrogen-bond acceptors (Lipinski definition) is 6. The molecule has 0 unspecified atom stereocenters. The van der Waals surface area contributed by atoms with Crippen molar-refractivity contribution in [3.05, 3.63) is 23.8 Å². The van der Waals surface area contributed by atoms with Gasteiger partial charge in [-0.1, -0.05) is 51.8 Å². The number of esters is 2. The molecule has 0 aromatic rings. The van der Waals surface area contributed by atoms with E-state index in [0.29, 0.717) is 37.7 Å². The van der Waals surface area contributed by atoms with Gasteiger partial charge in [-0.15, -0.1) is 0 Å². The fraction of sp³-hybridized carbons (Fsp3) is 0.806. The Bertz CT molecular complexity index is 878. The highest BCUT2D eigenvalue weighted by molar-refractivity contribution is 6.71. The maximum atomic E-state index is 13.5. The number of carbonyl (C=O) groups is 2. The Morgan fingerprint density at radius 1 is 1.21 bits per heavy atom. The number of fused-ring (bicyclic) bond motifs is 1. The molecule has 216 valence electrons. The summed E-state index contributed by atoms with van der Waals surface area (Å²) in [6.45, 7) is 15.7. The van der Waals surface area contributed by atoms with Crippen molar-refractivity contribution in [1.29, 1.82) is 0 Å². The highest BCUT2D eigenvalue weighted by atomic mass is 28.4. The summed E-state index contributed by atoms with van der Waals surface area (Å²) in [5, 5.41) is 10.0. The van der Waals surface area contributed by atoms with Crippen LogP contribution in [0.4, 0.5) is 0 Å². The summed E-state index contributed by atoms with van der Waals surface area (Å²) in [7, 11) is -1.70. The van der Waals surface area contributed by atoms with Gasteiger partial charge in [0.15, 0.2) is 8.32 Å². The smallest absolute Gasteiger partial charge is 0.311 e. The molecule has 7 atom stereocenters. The van der Waals surface area contributed by atoms with Crippen molar-refractivity contribution in [1.82, 2.24) is 0 Å². The third-order valence-electron chi connectivity index (χ3n) is 8.82. The van der Waals surface area contributed by atoms with Crippen LogP contribution < -0.4 is 0 Å². The van der Waals surface area contributed by atoms with Gasteiger partial charge in [0.05, 0.1) is 17.9 Å². The monoisotopic (exact) mass is 548 g/mol. The topological polar surface area (TPSA) is 82.1 Å². The van der Waals surface area contributed by atoms with E-state index in [-0.39, 0.29) is 42.4 Å². The van der Waals surface area contributed by atoms with Gasteiger partial charge in [-0.05, 0) is 82.0 Å². The molecule has 0 spiro atoms. The zero-order valence-corrected chi connectivity index (χ0v) is 25.8. The summed E-state index contributed by atoms with van der Waals surface area (Å²) in [6, 6.07) is 1.15. The van der Waals surface area contributed by atoms with E-state index in [1.807, 2.05) is 13.8 Å². The molecule has 1 aliphatic heterocycles. The van der Waals surface area contributed by atoms with Gasteiger partial charge < -0.3 is 19.0 Å². The van der Waals surface area contributed by atoms with E-state index in [9.17, 15) is 14.7 Å². The maximum absolute atomic E-state index is 13.5. The molecule has 0 saturated carbocycles. The van der Waals surface area contributed by atoms with Gasteiger partial charge in [0, 0.05) is 18.9 Å². The Morgan fingerprint density at radius 3 is 2.63 bits per heavy atom. The molecule has 0 aromatic heterocycles. The second-order valence-corrected chi connectivity index (χ2v) is 17.7. The van der Waals surface area contributed by atoms with Gasteiger partial charge in [0.2, 0.25) is 0 Å². The van der Waals surface area contributed by atoms with E-state index in [2.05, 4.69) is 52.1 Å². The molecule has 7 heteroatoms. The Hall–Kier alpha value is -1.44. The van der Waals surface area contributed by atoms with Gasteiger partial charge in [-0.3, -0.25) is 9.59 Å². The molecule has 1 saturated heterocycles. The van der Waals surface area contributed by atoms with Crippen LogP contribution in [0, 0.1) is 29.1 Å². The van der Waals surface area contributed by atoms with Crippen molar-refractivity contribution in [3.8, 4) is 0 Å². The van der Waals surface area contributed by atoms with Crippen molar-refractivity contribution < 1.29 is 28.6 Å². The zero-order chi connectivity index (χ0) is 28.1. The second kappa shape index (κ2) is 13.3. The largest absolute Gasteiger partial charge is 0.462 e. The molecule has 0 bridgehead atoms. The average Bonchev–Trinajstić information content (AvgIpc) is 2.81. The van der Waals surface area contributed by atoms with Gasteiger partial charge in [0.1, 0.15) is 12.2 Å². The van der Waals surface area contributed by atoms with E-state index >= 15 is 0 Å².